The molecular weight excluding hydrogens is 200 g/mol. The largest absolute Gasteiger partial charge is 0.465 e. The molecule has 0 aromatic heterocycles. The summed E-state index contributed by atoms with van der Waals surface area (Å²) >= 11 is 0. The molecule has 0 bridgehead atoms. The Morgan fingerprint density at radius 1 is 1.60 bits per heavy atom. The van der Waals surface area contributed by atoms with Crippen LogP contribution in [0.15, 0.2) is 18.2 Å². The molecule has 1 aromatic carbocycles. The molecule has 0 spiro atoms. The van der Waals surface area contributed by atoms with Gasteiger partial charge in [0.2, 0.25) is 0 Å². The standard InChI is InChI=1S/C9H6N2O4/c1-15-9(12)8-4-7(11(13)14)3-2-6(8)5-10/h2-4H,1H3. The summed E-state index contributed by atoms with van der Waals surface area (Å²) in [7, 11) is 1.14. The van der Waals surface area contributed by atoms with Gasteiger partial charge in [0.05, 0.1) is 23.2 Å². The zero-order valence-electron chi connectivity index (χ0n) is 7.76. The molecule has 6 heteroatoms. The molecule has 0 amide bonds. The highest BCUT2D eigenvalue weighted by Crippen LogP contribution is 2.17. The number of esters is 1. The van der Waals surface area contributed by atoms with Crippen LogP contribution in [-0.4, -0.2) is 18.0 Å². The minimum absolute atomic E-state index is 0.0486. The van der Waals surface area contributed by atoms with E-state index in [1.54, 1.807) is 6.07 Å². The van der Waals surface area contributed by atoms with E-state index in [1.165, 1.54) is 6.07 Å². The van der Waals surface area contributed by atoms with E-state index in [-0.39, 0.29) is 16.8 Å². The van der Waals surface area contributed by atoms with Crippen molar-refractivity contribution in [3.05, 3.63) is 39.4 Å². The average molecular weight is 206 g/mol. The Kier molecular flexibility index (Phi) is 2.98. The van der Waals surface area contributed by atoms with Gasteiger partial charge >= 0.3 is 5.97 Å². The summed E-state index contributed by atoms with van der Waals surface area (Å²) in [4.78, 5) is 21.0. The molecule has 1 rings (SSSR count). The van der Waals surface area contributed by atoms with Crippen LogP contribution in [-0.2, 0) is 4.74 Å². The Morgan fingerprint density at radius 3 is 2.73 bits per heavy atom. The van der Waals surface area contributed by atoms with Gasteiger partial charge in [0.25, 0.3) is 5.69 Å². The zero-order chi connectivity index (χ0) is 11.4. The molecule has 15 heavy (non-hydrogen) atoms. The molecule has 0 aliphatic heterocycles. The summed E-state index contributed by atoms with van der Waals surface area (Å²) in [6, 6.07) is 5.14. The SMILES string of the molecule is COC(=O)c1cc([N+](=O)[O-])ccc1C#N. The molecule has 0 heterocycles. The van der Waals surface area contributed by atoms with Crippen LogP contribution in [0.5, 0.6) is 0 Å². The molecule has 0 atom stereocenters. The van der Waals surface area contributed by atoms with Crippen molar-refractivity contribution in [1.82, 2.24) is 0 Å². The molecular formula is C9H6N2O4. The van der Waals surface area contributed by atoms with E-state index in [2.05, 4.69) is 4.74 Å². The molecule has 0 saturated heterocycles. The lowest BCUT2D eigenvalue weighted by atomic mass is 10.1. The number of nitrogens with zero attached hydrogens (tertiary/aromatic N) is 2. The van der Waals surface area contributed by atoms with E-state index in [1.807, 2.05) is 0 Å². The highest BCUT2D eigenvalue weighted by Gasteiger charge is 2.16. The first-order valence-corrected chi connectivity index (χ1v) is 3.87. The van der Waals surface area contributed by atoms with Gasteiger partial charge in [-0.2, -0.15) is 5.26 Å². The topological polar surface area (TPSA) is 93.2 Å². The van der Waals surface area contributed by atoms with Crippen molar-refractivity contribution in [3.8, 4) is 6.07 Å². The fourth-order valence-corrected chi connectivity index (χ4v) is 1.02. The van der Waals surface area contributed by atoms with Gasteiger partial charge in [0, 0.05) is 12.1 Å². The number of rotatable bonds is 2. The highest BCUT2D eigenvalue weighted by atomic mass is 16.6. The molecule has 1 aromatic rings. The van der Waals surface area contributed by atoms with Crippen molar-refractivity contribution < 1.29 is 14.5 Å². The van der Waals surface area contributed by atoms with Gasteiger partial charge < -0.3 is 4.74 Å². The fourth-order valence-electron chi connectivity index (χ4n) is 1.02. The molecule has 0 unspecified atom stereocenters. The van der Waals surface area contributed by atoms with Crippen LogP contribution in [0.25, 0.3) is 0 Å². The fraction of sp³-hybridized carbons (Fsp3) is 0.111. The number of nitriles is 1. The van der Waals surface area contributed by atoms with E-state index in [4.69, 9.17) is 5.26 Å². The second-order valence-electron chi connectivity index (χ2n) is 2.59. The maximum Gasteiger partial charge on any atom is 0.339 e. The van der Waals surface area contributed by atoms with Gasteiger partial charge in [0.15, 0.2) is 0 Å². The van der Waals surface area contributed by atoms with Crippen LogP contribution < -0.4 is 0 Å². The first-order chi connectivity index (χ1) is 7.10. The zero-order valence-corrected chi connectivity index (χ0v) is 7.76. The van der Waals surface area contributed by atoms with Crippen LogP contribution in [0.3, 0.4) is 0 Å². The first-order valence-electron chi connectivity index (χ1n) is 3.87. The number of nitro benzene ring substituents is 1. The number of hydrogen-bond donors (Lipinski definition) is 0. The van der Waals surface area contributed by atoms with E-state index in [9.17, 15) is 14.9 Å². The summed E-state index contributed by atoms with van der Waals surface area (Å²) in [6.07, 6.45) is 0. The molecule has 0 aliphatic carbocycles. The van der Waals surface area contributed by atoms with Crippen LogP contribution >= 0.6 is 0 Å². The minimum atomic E-state index is -0.768. The summed E-state index contributed by atoms with van der Waals surface area (Å²) in [5, 5.41) is 19.1. The average Bonchev–Trinajstić information content (AvgIpc) is 2.27. The molecule has 0 aliphatic rings. The summed E-state index contributed by atoms with van der Waals surface area (Å²) < 4.78 is 4.40. The lowest BCUT2D eigenvalue weighted by Gasteiger charge is -2.00. The maximum atomic E-state index is 11.2. The molecule has 0 fully saturated rings. The van der Waals surface area contributed by atoms with Gasteiger partial charge in [-0.15, -0.1) is 0 Å². The van der Waals surface area contributed by atoms with Crippen molar-refractivity contribution in [1.29, 1.82) is 5.26 Å². The monoisotopic (exact) mass is 206 g/mol. The molecule has 76 valence electrons. The highest BCUT2D eigenvalue weighted by molar-refractivity contribution is 5.92. The van der Waals surface area contributed by atoms with E-state index < -0.39 is 10.9 Å². The van der Waals surface area contributed by atoms with E-state index >= 15 is 0 Å². The van der Waals surface area contributed by atoms with Crippen molar-refractivity contribution in [2.24, 2.45) is 0 Å². The molecule has 0 radical (unpaired) electrons. The van der Waals surface area contributed by atoms with Gasteiger partial charge in [-0.3, -0.25) is 10.1 Å². The summed E-state index contributed by atoms with van der Waals surface area (Å²) in [5.74, 6) is -0.768. The van der Waals surface area contributed by atoms with Crippen LogP contribution in [0, 0.1) is 21.4 Å². The second kappa shape index (κ2) is 4.19. The number of ether oxygens (including phenoxy) is 1. The van der Waals surface area contributed by atoms with Crippen molar-refractivity contribution in [3.63, 3.8) is 0 Å². The predicted octanol–water partition coefficient (Wildman–Crippen LogP) is 1.25. The quantitative estimate of drug-likeness (QED) is 0.412. The van der Waals surface area contributed by atoms with Crippen molar-refractivity contribution >= 4 is 11.7 Å². The van der Waals surface area contributed by atoms with Gasteiger partial charge in [-0.1, -0.05) is 0 Å². The summed E-state index contributed by atoms with van der Waals surface area (Å²) in [6.45, 7) is 0. The Balaban J connectivity index is 3.33. The predicted molar refractivity (Wildman–Crippen MR) is 49.2 cm³/mol. The number of nitro groups is 1. The number of hydrogen-bond acceptors (Lipinski definition) is 5. The first kappa shape index (κ1) is 10.7. The minimum Gasteiger partial charge on any atom is -0.465 e. The number of non-ortho nitro benzene ring substituents is 1. The number of methoxy groups -OCH3 is 1. The Bertz CT molecular complexity index is 462. The third-order valence-corrected chi connectivity index (χ3v) is 1.74. The number of carbonyl (C=O) groups excluding carboxylic acids is 1. The molecule has 0 N–H and O–H groups in total. The third-order valence-electron chi connectivity index (χ3n) is 1.74. The van der Waals surface area contributed by atoms with Gasteiger partial charge in [0.1, 0.15) is 6.07 Å². The normalized spacial score (nSPS) is 9.07. The second-order valence-corrected chi connectivity index (χ2v) is 2.59. The van der Waals surface area contributed by atoms with Crippen molar-refractivity contribution in [2.75, 3.05) is 7.11 Å². The lowest BCUT2D eigenvalue weighted by molar-refractivity contribution is -0.384. The maximum absolute atomic E-state index is 11.2. The third kappa shape index (κ3) is 2.08. The molecule has 6 nitrogen and oxygen atoms in total. The Labute approximate surface area is 84.8 Å². The summed E-state index contributed by atoms with van der Waals surface area (Å²) in [5.41, 5.74) is -0.309. The molecule has 0 saturated carbocycles. The van der Waals surface area contributed by atoms with Crippen molar-refractivity contribution in [2.45, 2.75) is 0 Å². The number of carbonyl (C=O) groups is 1. The van der Waals surface area contributed by atoms with Crippen LogP contribution in [0.2, 0.25) is 0 Å². The Hall–Kier alpha value is -2.42. The van der Waals surface area contributed by atoms with E-state index in [0.717, 1.165) is 19.2 Å². The van der Waals surface area contributed by atoms with Gasteiger partial charge in [-0.05, 0) is 6.07 Å². The smallest absolute Gasteiger partial charge is 0.339 e. The van der Waals surface area contributed by atoms with E-state index in [0.29, 0.717) is 0 Å². The Morgan fingerprint density at radius 2 is 2.27 bits per heavy atom. The van der Waals surface area contributed by atoms with Gasteiger partial charge in [-0.25, -0.2) is 4.79 Å². The van der Waals surface area contributed by atoms with Crippen LogP contribution in [0.4, 0.5) is 5.69 Å². The lowest BCUT2D eigenvalue weighted by Crippen LogP contribution is -2.05. The van der Waals surface area contributed by atoms with Crippen LogP contribution in [0.1, 0.15) is 15.9 Å². The number of benzene rings is 1.